The number of rotatable bonds is 0. The van der Waals surface area contributed by atoms with Gasteiger partial charge in [0.1, 0.15) is 23.0 Å². The van der Waals surface area contributed by atoms with E-state index in [1.807, 2.05) is 0 Å². The molecule has 0 fully saturated rings. The fraction of sp³-hybridized carbons (Fsp3) is 0.625. The molecule has 0 atom stereocenters. The Kier molecular flexibility index (Phi) is 19.7. The first-order valence-corrected chi connectivity index (χ1v) is 30.2. The van der Waals surface area contributed by atoms with Crippen LogP contribution in [0.2, 0.25) is 0 Å². The summed E-state index contributed by atoms with van der Waals surface area (Å²) in [6.07, 6.45) is 6.74. The molecule has 0 radical (unpaired) electrons. The van der Waals surface area contributed by atoms with Crippen LogP contribution in [-0.2, 0) is 78.1 Å². The average Bonchev–Trinajstić information content (AvgIpc) is 3.22. The minimum Gasteiger partial charge on any atom is -0.736 e. The van der Waals surface area contributed by atoms with Crippen molar-refractivity contribution in [3.63, 3.8) is 0 Å². The van der Waals surface area contributed by atoms with E-state index in [0.717, 1.165) is 95.9 Å². The van der Waals surface area contributed by atoms with Gasteiger partial charge in [-0.05, 0) is 139 Å². The Balaban J connectivity index is 0.000000320. The largest absolute Gasteiger partial charge is 2.00 e. The fourth-order valence-electron chi connectivity index (χ4n) is 9.64. The number of phosphoric acid groups is 2. The van der Waals surface area contributed by atoms with Crippen LogP contribution in [0, 0.1) is 0 Å². The molecule has 0 unspecified atom stereocenters. The molecule has 0 saturated heterocycles. The Bertz CT molecular complexity index is 2410. The molecule has 0 bridgehead atoms. The first kappa shape index (κ1) is 65.2. The van der Waals surface area contributed by atoms with E-state index >= 15 is 0 Å². The van der Waals surface area contributed by atoms with Gasteiger partial charge in [-0.25, -0.2) is 9.13 Å². The number of phosphoric ester groups is 2. The van der Waals surface area contributed by atoms with E-state index in [1.165, 1.54) is 22.3 Å². The van der Waals surface area contributed by atoms with Crippen molar-refractivity contribution in [1.29, 1.82) is 0 Å². The molecule has 0 aromatic heterocycles. The van der Waals surface area contributed by atoms with Crippen molar-refractivity contribution >= 4 is 53.4 Å². The van der Waals surface area contributed by atoms with Gasteiger partial charge in [0.25, 0.3) is 0 Å². The Morgan fingerprint density at radius 1 is 0.307 bits per heavy atom. The predicted molar refractivity (Wildman–Crippen MR) is 312 cm³/mol. The van der Waals surface area contributed by atoms with Crippen molar-refractivity contribution in [3.05, 3.63) is 115 Å². The quantitative estimate of drug-likeness (QED) is 0.126. The standard InChI is InChI=1S/2C32H49O4P.Ca/c2*1-29(2,3)23-17-21-15-13-14-16-22-18-24(30(4,5)6)20-26(32(10,11)12)28(22)36-37(33,34)35-27(21)25(19-23)31(7,8)9;/h2*17-20H,13-16H2,1-12H3,(H,33,34);/q;;+2/p-2. The van der Waals surface area contributed by atoms with Crippen LogP contribution in [0.25, 0.3) is 0 Å². The second-order valence-electron chi connectivity index (χ2n) is 29.7. The Hall–Kier alpha value is -2.28. The van der Waals surface area contributed by atoms with Gasteiger partial charge in [0, 0.05) is 22.3 Å². The molecule has 0 aliphatic carbocycles. The number of hydrogen-bond donors (Lipinski definition) is 0. The summed E-state index contributed by atoms with van der Waals surface area (Å²) < 4.78 is 51.0. The molecule has 0 saturated carbocycles. The second kappa shape index (κ2) is 22.7. The second-order valence-corrected chi connectivity index (χ2v) is 32.2. The van der Waals surface area contributed by atoms with E-state index in [-0.39, 0.29) is 81.1 Å². The van der Waals surface area contributed by atoms with Gasteiger partial charge in [-0.3, -0.25) is 0 Å². The number of fused-ring (bicyclic) bond motifs is 4. The molecule has 0 N–H and O–H groups in total. The van der Waals surface area contributed by atoms with Crippen LogP contribution in [0.4, 0.5) is 0 Å². The van der Waals surface area contributed by atoms with E-state index < -0.39 is 15.6 Å². The van der Waals surface area contributed by atoms with Gasteiger partial charge >= 0.3 is 53.4 Å². The van der Waals surface area contributed by atoms with Crippen LogP contribution in [0.1, 0.15) is 259 Å². The topological polar surface area (TPSA) is 117 Å². The predicted octanol–water partition coefficient (Wildman–Crippen LogP) is 17.0. The van der Waals surface area contributed by atoms with Crippen LogP contribution in [0.3, 0.4) is 0 Å². The first-order chi connectivity index (χ1) is 33.2. The smallest absolute Gasteiger partial charge is 0.736 e. The molecule has 4 aromatic rings. The van der Waals surface area contributed by atoms with Crippen molar-refractivity contribution in [2.45, 2.75) is 261 Å². The minimum absolute atomic E-state index is 0. The molecule has 2 aliphatic rings. The van der Waals surface area contributed by atoms with Crippen LogP contribution in [0.15, 0.2) is 48.5 Å². The number of aryl methyl sites for hydroxylation is 4. The summed E-state index contributed by atoms with van der Waals surface area (Å²) in [6, 6.07) is 17.0. The van der Waals surface area contributed by atoms with E-state index in [9.17, 15) is 18.9 Å². The third kappa shape index (κ3) is 16.9. The molecule has 6 rings (SSSR count). The van der Waals surface area contributed by atoms with E-state index in [1.54, 1.807) is 0 Å². The maximum atomic E-state index is 13.6. The van der Waals surface area contributed by atoms with Gasteiger partial charge in [0.05, 0.1) is 0 Å². The summed E-state index contributed by atoms with van der Waals surface area (Å²) in [6.45, 7) is 51.4. The summed E-state index contributed by atoms with van der Waals surface area (Å²) in [5, 5.41) is 0. The van der Waals surface area contributed by atoms with Gasteiger partial charge in [-0.2, -0.15) is 0 Å². The molecule has 75 heavy (non-hydrogen) atoms. The maximum absolute atomic E-state index is 13.6. The van der Waals surface area contributed by atoms with Crippen LogP contribution < -0.4 is 27.9 Å². The maximum Gasteiger partial charge on any atom is 2.00 e. The molecule has 8 nitrogen and oxygen atoms in total. The van der Waals surface area contributed by atoms with Gasteiger partial charge in [0.2, 0.25) is 0 Å². The molecule has 11 heteroatoms. The summed E-state index contributed by atoms with van der Waals surface area (Å²) in [5.41, 5.74) is 10.6. The first-order valence-electron chi connectivity index (χ1n) is 27.3. The fourth-order valence-corrected chi connectivity index (χ4v) is 11.5. The zero-order chi connectivity index (χ0) is 56.4. The van der Waals surface area contributed by atoms with Gasteiger partial charge in [-0.15, -0.1) is 0 Å². The third-order valence-electron chi connectivity index (χ3n) is 14.5. The Morgan fingerprint density at radius 3 is 0.600 bits per heavy atom. The Morgan fingerprint density at radius 2 is 0.467 bits per heavy atom. The number of hydrogen-bond acceptors (Lipinski definition) is 8. The van der Waals surface area contributed by atoms with Crippen molar-refractivity contribution < 1.29 is 37.0 Å². The van der Waals surface area contributed by atoms with Crippen molar-refractivity contribution in [2.75, 3.05) is 0 Å². The average molecular weight is 1100 g/mol. The Labute approximate surface area is 485 Å². The molecule has 2 aliphatic heterocycles. The van der Waals surface area contributed by atoms with Crippen molar-refractivity contribution in [1.82, 2.24) is 0 Å². The van der Waals surface area contributed by atoms with Crippen LogP contribution >= 0.6 is 15.6 Å². The summed E-state index contributed by atoms with van der Waals surface area (Å²) in [7, 11) is -9.49. The van der Waals surface area contributed by atoms with Crippen molar-refractivity contribution in [3.8, 4) is 23.0 Å². The molecular formula is C64H96CaO8P2. The summed E-state index contributed by atoms with van der Waals surface area (Å²) in [4.78, 5) is 27.3. The summed E-state index contributed by atoms with van der Waals surface area (Å²) in [5.74, 6) is 1.74. The molecule has 0 amide bonds. The van der Waals surface area contributed by atoms with E-state index in [2.05, 4.69) is 215 Å². The zero-order valence-electron chi connectivity index (χ0n) is 51.1. The molecule has 4 aromatic carbocycles. The van der Waals surface area contributed by atoms with E-state index in [0.29, 0.717) is 23.0 Å². The normalized spacial score (nSPS) is 16.9. The monoisotopic (exact) mass is 1090 g/mol. The van der Waals surface area contributed by atoms with Crippen LogP contribution in [0.5, 0.6) is 23.0 Å². The van der Waals surface area contributed by atoms with E-state index in [4.69, 9.17) is 18.1 Å². The van der Waals surface area contributed by atoms with Gasteiger partial charge in [-0.1, -0.05) is 215 Å². The number of benzene rings is 4. The summed E-state index contributed by atoms with van der Waals surface area (Å²) >= 11 is 0. The van der Waals surface area contributed by atoms with Gasteiger partial charge < -0.3 is 27.9 Å². The zero-order valence-corrected chi connectivity index (χ0v) is 55.1. The van der Waals surface area contributed by atoms with Crippen molar-refractivity contribution in [2.24, 2.45) is 0 Å². The third-order valence-corrected chi connectivity index (χ3v) is 16.1. The molecule has 412 valence electrons. The molecular weight excluding hydrogens is 999 g/mol. The molecule has 2 heterocycles. The molecule has 0 spiro atoms. The van der Waals surface area contributed by atoms with Gasteiger partial charge in [0.15, 0.2) is 0 Å². The minimum atomic E-state index is -4.74. The van der Waals surface area contributed by atoms with Crippen LogP contribution in [-0.4, -0.2) is 37.7 Å². The SMILES string of the molecule is CC(C)(C)c1cc2c(c(C(C)(C)C)c1)OP(=O)([O-])Oc1c(cc(C(C)(C)C)cc1C(C)(C)C)CCCC2.CC(C)(C)c1cc2c(c(C(C)(C)C)c1)OP(=O)([O-])Oc1c(cc(C(C)(C)C)cc1C(C)(C)C)CCCC2.[Ca+2].